The summed E-state index contributed by atoms with van der Waals surface area (Å²) in [7, 11) is 5.68. The van der Waals surface area contributed by atoms with E-state index in [1.54, 1.807) is 6.92 Å². The van der Waals surface area contributed by atoms with Crippen LogP contribution in [0.1, 0.15) is 21.7 Å². The average Bonchev–Trinajstić information content (AvgIpc) is 2.54. The number of hydrogen-bond donors (Lipinski definition) is 3. The standard InChI is InChI=1S/C17H24N6O/c1-11-17(23(3)4)22-16(14(20-11)15(18)24)21-13-7-5-6-12(10-13)8-9-19-2/h5-7,10,19H,8-9H2,1-4H3,(H2,18,24)(H,21,22). The van der Waals surface area contributed by atoms with Crippen molar-refractivity contribution in [2.24, 2.45) is 5.73 Å². The first-order valence-electron chi connectivity index (χ1n) is 7.78. The summed E-state index contributed by atoms with van der Waals surface area (Å²) < 4.78 is 0. The number of hydrogen-bond acceptors (Lipinski definition) is 6. The molecule has 0 aliphatic rings. The molecule has 0 saturated heterocycles. The molecule has 24 heavy (non-hydrogen) atoms. The van der Waals surface area contributed by atoms with E-state index in [0.29, 0.717) is 17.3 Å². The molecule has 0 radical (unpaired) electrons. The summed E-state index contributed by atoms with van der Waals surface area (Å²) in [6.45, 7) is 2.70. The second-order valence-corrected chi connectivity index (χ2v) is 5.77. The lowest BCUT2D eigenvalue weighted by Crippen LogP contribution is -2.21. The maximum Gasteiger partial charge on any atom is 0.271 e. The average molecular weight is 328 g/mol. The van der Waals surface area contributed by atoms with E-state index in [9.17, 15) is 4.79 Å². The van der Waals surface area contributed by atoms with Gasteiger partial charge in [-0.05, 0) is 44.6 Å². The summed E-state index contributed by atoms with van der Waals surface area (Å²) in [6.07, 6.45) is 0.914. The lowest BCUT2D eigenvalue weighted by atomic mass is 10.1. The van der Waals surface area contributed by atoms with Crippen molar-refractivity contribution in [2.45, 2.75) is 13.3 Å². The predicted octanol–water partition coefficient (Wildman–Crippen LogP) is 1.46. The van der Waals surface area contributed by atoms with Gasteiger partial charge in [0.05, 0.1) is 5.69 Å². The fraction of sp³-hybridized carbons (Fsp3) is 0.353. The molecule has 7 nitrogen and oxygen atoms in total. The number of nitrogens with one attached hydrogen (secondary N) is 2. The highest BCUT2D eigenvalue weighted by molar-refractivity contribution is 5.96. The van der Waals surface area contributed by atoms with E-state index in [0.717, 1.165) is 18.7 Å². The topological polar surface area (TPSA) is 96.2 Å². The zero-order valence-corrected chi connectivity index (χ0v) is 14.6. The first-order valence-corrected chi connectivity index (χ1v) is 7.78. The van der Waals surface area contributed by atoms with Gasteiger partial charge in [-0.25, -0.2) is 9.97 Å². The third-order valence-corrected chi connectivity index (χ3v) is 3.56. The van der Waals surface area contributed by atoms with Gasteiger partial charge in [0.25, 0.3) is 5.91 Å². The minimum absolute atomic E-state index is 0.138. The molecule has 0 unspecified atom stereocenters. The van der Waals surface area contributed by atoms with Crippen LogP contribution in [0.4, 0.5) is 17.3 Å². The van der Waals surface area contributed by atoms with Crippen LogP contribution in [0.15, 0.2) is 24.3 Å². The largest absolute Gasteiger partial charge is 0.364 e. The fourth-order valence-electron chi connectivity index (χ4n) is 2.40. The van der Waals surface area contributed by atoms with Crippen LogP contribution in [0.2, 0.25) is 0 Å². The van der Waals surface area contributed by atoms with Gasteiger partial charge < -0.3 is 21.3 Å². The van der Waals surface area contributed by atoms with Gasteiger partial charge in [0.2, 0.25) is 0 Å². The molecule has 0 aliphatic carbocycles. The minimum Gasteiger partial charge on any atom is -0.364 e. The summed E-state index contributed by atoms with van der Waals surface area (Å²) in [6, 6.07) is 7.97. The molecule has 128 valence electrons. The number of nitrogens with two attached hydrogens (primary N) is 1. The first kappa shape index (κ1) is 17.7. The lowest BCUT2D eigenvalue weighted by Gasteiger charge is -2.17. The maximum atomic E-state index is 11.7. The Labute approximate surface area is 142 Å². The number of aryl methyl sites for hydroxylation is 1. The Bertz CT molecular complexity index is 729. The summed E-state index contributed by atoms with van der Waals surface area (Å²) in [5, 5.41) is 6.30. The Morgan fingerprint density at radius 3 is 2.67 bits per heavy atom. The van der Waals surface area contributed by atoms with Crippen molar-refractivity contribution in [1.82, 2.24) is 15.3 Å². The molecule has 0 saturated carbocycles. The van der Waals surface area contributed by atoms with Crippen molar-refractivity contribution in [2.75, 3.05) is 37.9 Å². The van der Waals surface area contributed by atoms with Crippen LogP contribution in [0, 0.1) is 6.92 Å². The number of amides is 1. The number of aromatic nitrogens is 2. The number of carbonyl (C=O) groups is 1. The molecule has 1 amide bonds. The zero-order chi connectivity index (χ0) is 17.7. The maximum absolute atomic E-state index is 11.7. The van der Waals surface area contributed by atoms with E-state index < -0.39 is 5.91 Å². The van der Waals surface area contributed by atoms with E-state index in [4.69, 9.17) is 5.73 Å². The molecule has 0 fully saturated rings. The van der Waals surface area contributed by atoms with Crippen LogP contribution in [-0.2, 0) is 6.42 Å². The highest BCUT2D eigenvalue weighted by atomic mass is 16.1. The molecular weight excluding hydrogens is 304 g/mol. The summed E-state index contributed by atoms with van der Waals surface area (Å²) >= 11 is 0. The minimum atomic E-state index is -0.607. The van der Waals surface area contributed by atoms with Crippen molar-refractivity contribution >= 4 is 23.2 Å². The van der Waals surface area contributed by atoms with Gasteiger partial charge in [0.1, 0.15) is 0 Å². The summed E-state index contributed by atoms with van der Waals surface area (Å²) in [4.78, 5) is 22.4. The Hall–Kier alpha value is -2.67. The molecule has 2 rings (SSSR count). The van der Waals surface area contributed by atoms with Gasteiger partial charge in [-0.2, -0.15) is 0 Å². The third kappa shape index (κ3) is 4.20. The number of likely N-dealkylation sites (N-methyl/N-ethyl adjacent to an activating group) is 1. The monoisotopic (exact) mass is 328 g/mol. The van der Waals surface area contributed by atoms with Gasteiger partial charge >= 0.3 is 0 Å². The predicted molar refractivity (Wildman–Crippen MR) is 97.0 cm³/mol. The van der Waals surface area contributed by atoms with E-state index >= 15 is 0 Å². The normalized spacial score (nSPS) is 10.5. The Morgan fingerprint density at radius 2 is 2.04 bits per heavy atom. The third-order valence-electron chi connectivity index (χ3n) is 3.56. The fourth-order valence-corrected chi connectivity index (χ4v) is 2.40. The van der Waals surface area contributed by atoms with E-state index in [2.05, 4.69) is 26.7 Å². The van der Waals surface area contributed by atoms with Gasteiger partial charge in [-0.1, -0.05) is 12.1 Å². The van der Waals surface area contributed by atoms with Gasteiger partial charge in [0, 0.05) is 19.8 Å². The van der Waals surface area contributed by atoms with Crippen molar-refractivity contribution in [3.05, 3.63) is 41.2 Å². The number of rotatable bonds is 7. The molecule has 1 aromatic carbocycles. The second-order valence-electron chi connectivity index (χ2n) is 5.77. The molecule has 4 N–H and O–H groups in total. The number of carbonyl (C=O) groups excluding carboxylic acids is 1. The smallest absolute Gasteiger partial charge is 0.271 e. The molecular formula is C17H24N6O. The van der Waals surface area contributed by atoms with Crippen LogP contribution < -0.4 is 21.3 Å². The lowest BCUT2D eigenvalue weighted by molar-refractivity contribution is 0.0996. The van der Waals surface area contributed by atoms with Crippen LogP contribution in [0.3, 0.4) is 0 Å². The molecule has 0 bridgehead atoms. The van der Waals surface area contributed by atoms with E-state index in [-0.39, 0.29) is 5.69 Å². The Kier molecular flexibility index (Phi) is 5.70. The summed E-state index contributed by atoms with van der Waals surface area (Å²) in [5.74, 6) is 0.446. The molecule has 7 heteroatoms. The Morgan fingerprint density at radius 1 is 1.29 bits per heavy atom. The van der Waals surface area contributed by atoms with Crippen molar-refractivity contribution in [3.63, 3.8) is 0 Å². The number of benzene rings is 1. The van der Waals surface area contributed by atoms with Crippen LogP contribution in [0.5, 0.6) is 0 Å². The first-order chi connectivity index (χ1) is 11.4. The summed E-state index contributed by atoms with van der Waals surface area (Å²) in [5.41, 5.74) is 8.27. The molecule has 1 aromatic heterocycles. The van der Waals surface area contributed by atoms with Crippen LogP contribution in [0.25, 0.3) is 0 Å². The highest BCUT2D eigenvalue weighted by Crippen LogP contribution is 2.23. The number of anilines is 3. The van der Waals surface area contributed by atoms with Crippen LogP contribution >= 0.6 is 0 Å². The molecule has 0 atom stereocenters. The quantitative estimate of drug-likeness (QED) is 0.712. The molecule has 1 heterocycles. The number of primary amides is 1. The van der Waals surface area contributed by atoms with E-state index in [1.807, 2.05) is 44.2 Å². The van der Waals surface area contributed by atoms with Crippen LogP contribution in [-0.4, -0.2) is 43.6 Å². The van der Waals surface area contributed by atoms with Gasteiger partial charge in [-0.15, -0.1) is 0 Å². The van der Waals surface area contributed by atoms with E-state index in [1.165, 1.54) is 5.56 Å². The Balaban J connectivity index is 2.37. The number of nitrogens with zero attached hydrogens (tertiary/aromatic N) is 3. The molecule has 0 aliphatic heterocycles. The molecule has 0 spiro atoms. The second kappa shape index (κ2) is 7.74. The van der Waals surface area contributed by atoms with Crippen molar-refractivity contribution in [1.29, 1.82) is 0 Å². The zero-order valence-electron chi connectivity index (χ0n) is 14.6. The van der Waals surface area contributed by atoms with Gasteiger partial charge in [0.15, 0.2) is 17.3 Å². The highest BCUT2D eigenvalue weighted by Gasteiger charge is 2.17. The molecule has 2 aromatic rings. The SMILES string of the molecule is CNCCc1cccc(Nc2nc(N(C)C)c(C)nc2C(N)=O)c1. The van der Waals surface area contributed by atoms with Gasteiger partial charge in [-0.3, -0.25) is 4.79 Å². The van der Waals surface area contributed by atoms with Crippen molar-refractivity contribution < 1.29 is 4.79 Å². The van der Waals surface area contributed by atoms with Crippen molar-refractivity contribution in [3.8, 4) is 0 Å².